The number of carbonyl (C=O) groups excluding carboxylic acids is 1. The first kappa shape index (κ1) is 15.8. The third-order valence-electron chi connectivity index (χ3n) is 3.60. The Labute approximate surface area is 143 Å². The Morgan fingerprint density at radius 2 is 1.91 bits per heavy atom. The van der Waals surface area contributed by atoms with Crippen LogP contribution in [-0.4, -0.2) is 23.0 Å². The second kappa shape index (κ2) is 6.60. The molecular weight excluding hydrogens is 339 g/mol. The van der Waals surface area contributed by atoms with Crippen LogP contribution in [0.4, 0.5) is 5.82 Å². The Balaban J connectivity index is 1.60. The average Bonchev–Trinajstić information content (AvgIpc) is 3.32. The molecule has 2 atom stereocenters. The standard InChI is InChI=1S/C15H14Cl2N4O2/c1-23-15-13(18-2-3-19-15)20-21-14(22)12-7-11(12)8-4-9(16)6-10(17)5-8/h2-6,11-12H,7H2,1H3,(H,18,20)(H,21,22)/t11-,12+/m1/s1. The van der Waals surface area contributed by atoms with Crippen LogP contribution in [0.25, 0.3) is 0 Å². The molecule has 2 aromatic rings. The predicted molar refractivity (Wildman–Crippen MR) is 87.7 cm³/mol. The van der Waals surface area contributed by atoms with Crippen molar-refractivity contribution in [3.63, 3.8) is 0 Å². The molecular formula is C15H14Cl2N4O2. The quantitative estimate of drug-likeness (QED) is 0.808. The lowest BCUT2D eigenvalue weighted by Crippen LogP contribution is -2.31. The van der Waals surface area contributed by atoms with Gasteiger partial charge < -0.3 is 4.74 Å². The molecule has 0 aliphatic heterocycles. The number of methoxy groups -OCH3 is 1. The minimum Gasteiger partial charge on any atom is -0.478 e. The van der Waals surface area contributed by atoms with Gasteiger partial charge in [-0.1, -0.05) is 23.2 Å². The summed E-state index contributed by atoms with van der Waals surface area (Å²) >= 11 is 12.0. The van der Waals surface area contributed by atoms with Gasteiger partial charge >= 0.3 is 0 Å². The fourth-order valence-corrected chi connectivity index (χ4v) is 2.96. The zero-order valence-electron chi connectivity index (χ0n) is 12.2. The van der Waals surface area contributed by atoms with Crippen molar-refractivity contribution in [2.24, 2.45) is 5.92 Å². The number of anilines is 1. The molecule has 0 spiro atoms. The van der Waals surface area contributed by atoms with E-state index in [2.05, 4.69) is 20.8 Å². The van der Waals surface area contributed by atoms with Crippen LogP contribution in [-0.2, 0) is 4.79 Å². The number of benzene rings is 1. The smallest absolute Gasteiger partial charge is 0.258 e. The van der Waals surface area contributed by atoms with Crippen molar-refractivity contribution in [1.29, 1.82) is 0 Å². The highest BCUT2D eigenvalue weighted by atomic mass is 35.5. The van der Waals surface area contributed by atoms with Gasteiger partial charge in [0.05, 0.1) is 7.11 Å². The van der Waals surface area contributed by atoms with Crippen molar-refractivity contribution in [2.45, 2.75) is 12.3 Å². The van der Waals surface area contributed by atoms with Crippen molar-refractivity contribution >= 4 is 34.9 Å². The lowest BCUT2D eigenvalue weighted by molar-refractivity contribution is -0.121. The number of halogens is 2. The number of nitrogens with one attached hydrogen (secondary N) is 2. The summed E-state index contributed by atoms with van der Waals surface area (Å²) in [6.45, 7) is 0. The van der Waals surface area contributed by atoms with Crippen LogP contribution in [0, 0.1) is 5.92 Å². The van der Waals surface area contributed by atoms with Crippen molar-refractivity contribution in [2.75, 3.05) is 12.5 Å². The topological polar surface area (TPSA) is 76.1 Å². The summed E-state index contributed by atoms with van der Waals surface area (Å²) in [6, 6.07) is 5.35. The van der Waals surface area contributed by atoms with E-state index in [0.29, 0.717) is 21.7 Å². The molecule has 6 nitrogen and oxygen atoms in total. The molecule has 1 heterocycles. The first-order valence-corrected chi connectivity index (χ1v) is 7.71. The number of ether oxygens (including phenoxy) is 1. The SMILES string of the molecule is COc1nccnc1NNC(=O)[C@H]1C[C@@H]1c1cc(Cl)cc(Cl)c1. The van der Waals surface area contributed by atoms with Crippen molar-refractivity contribution < 1.29 is 9.53 Å². The van der Waals surface area contributed by atoms with Gasteiger partial charge in [-0.2, -0.15) is 0 Å². The number of rotatable bonds is 5. The van der Waals surface area contributed by atoms with Crippen molar-refractivity contribution in [3.8, 4) is 5.88 Å². The number of nitrogens with zero attached hydrogens (tertiary/aromatic N) is 2. The third-order valence-corrected chi connectivity index (χ3v) is 4.04. The summed E-state index contributed by atoms with van der Waals surface area (Å²) < 4.78 is 5.05. The number of amides is 1. The molecule has 1 saturated carbocycles. The zero-order valence-corrected chi connectivity index (χ0v) is 13.7. The summed E-state index contributed by atoms with van der Waals surface area (Å²) in [4.78, 5) is 20.2. The first-order valence-electron chi connectivity index (χ1n) is 6.95. The summed E-state index contributed by atoms with van der Waals surface area (Å²) in [7, 11) is 1.48. The summed E-state index contributed by atoms with van der Waals surface area (Å²) in [5.74, 6) is 0.531. The van der Waals surface area contributed by atoms with Crippen molar-refractivity contribution in [1.82, 2.24) is 15.4 Å². The molecule has 8 heteroatoms. The number of aromatic nitrogens is 2. The van der Waals surface area contributed by atoms with Gasteiger partial charge in [-0.15, -0.1) is 0 Å². The van der Waals surface area contributed by atoms with Crippen LogP contribution < -0.4 is 15.6 Å². The molecule has 1 aromatic heterocycles. The van der Waals surface area contributed by atoms with Gasteiger partial charge in [0.1, 0.15) is 0 Å². The normalized spacial score (nSPS) is 19.1. The number of hydrogen-bond donors (Lipinski definition) is 2. The molecule has 0 radical (unpaired) electrons. The van der Waals surface area contributed by atoms with Crippen LogP contribution in [0.2, 0.25) is 10.0 Å². The van der Waals surface area contributed by atoms with Gasteiger partial charge in [-0.25, -0.2) is 9.97 Å². The molecule has 1 aliphatic rings. The van der Waals surface area contributed by atoms with Crippen LogP contribution in [0.3, 0.4) is 0 Å². The lowest BCUT2D eigenvalue weighted by Gasteiger charge is -2.10. The second-order valence-electron chi connectivity index (χ2n) is 5.18. The maximum atomic E-state index is 12.2. The minimum atomic E-state index is -0.126. The fourth-order valence-electron chi connectivity index (χ4n) is 2.42. The summed E-state index contributed by atoms with van der Waals surface area (Å²) in [5, 5.41) is 1.14. The van der Waals surface area contributed by atoms with E-state index >= 15 is 0 Å². The van der Waals surface area contributed by atoms with E-state index in [4.69, 9.17) is 27.9 Å². The van der Waals surface area contributed by atoms with Crippen LogP contribution in [0.15, 0.2) is 30.6 Å². The van der Waals surface area contributed by atoms with Crippen LogP contribution in [0.5, 0.6) is 5.88 Å². The van der Waals surface area contributed by atoms with E-state index in [9.17, 15) is 4.79 Å². The van der Waals surface area contributed by atoms with Gasteiger partial charge in [0.15, 0.2) is 0 Å². The second-order valence-corrected chi connectivity index (χ2v) is 6.05. The molecule has 3 rings (SSSR count). The van der Waals surface area contributed by atoms with Gasteiger partial charge in [-0.05, 0) is 36.1 Å². The molecule has 2 N–H and O–H groups in total. The molecule has 0 bridgehead atoms. The first-order chi connectivity index (χ1) is 11.1. The largest absolute Gasteiger partial charge is 0.478 e. The predicted octanol–water partition coefficient (Wildman–Crippen LogP) is 3.04. The minimum absolute atomic E-state index is 0.122. The molecule has 1 fully saturated rings. The van der Waals surface area contributed by atoms with E-state index in [-0.39, 0.29) is 17.7 Å². The van der Waals surface area contributed by atoms with E-state index in [1.165, 1.54) is 19.5 Å². The number of carbonyl (C=O) groups is 1. The summed E-state index contributed by atoms with van der Waals surface area (Å²) in [6.07, 6.45) is 3.76. The maximum Gasteiger partial charge on any atom is 0.258 e. The Bertz CT molecular complexity index is 721. The van der Waals surface area contributed by atoms with E-state index in [0.717, 1.165) is 12.0 Å². The molecule has 0 saturated heterocycles. The summed E-state index contributed by atoms with van der Waals surface area (Å²) in [5.41, 5.74) is 6.33. The third kappa shape index (κ3) is 3.65. The average molecular weight is 353 g/mol. The molecule has 1 aromatic carbocycles. The number of hydrazine groups is 1. The Kier molecular flexibility index (Phi) is 4.54. The van der Waals surface area contributed by atoms with E-state index in [1.54, 1.807) is 6.07 Å². The fraction of sp³-hybridized carbons (Fsp3) is 0.267. The van der Waals surface area contributed by atoms with Gasteiger partial charge in [0, 0.05) is 28.4 Å². The Hall–Kier alpha value is -2.05. The number of hydrogen-bond acceptors (Lipinski definition) is 5. The molecule has 1 amide bonds. The van der Waals surface area contributed by atoms with Crippen LogP contribution >= 0.6 is 23.2 Å². The highest BCUT2D eigenvalue weighted by Gasteiger charge is 2.44. The van der Waals surface area contributed by atoms with Gasteiger partial charge in [-0.3, -0.25) is 15.6 Å². The lowest BCUT2D eigenvalue weighted by atomic mass is 10.1. The van der Waals surface area contributed by atoms with Gasteiger partial charge in [0.25, 0.3) is 5.88 Å². The van der Waals surface area contributed by atoms with Gasteiger partial charge in [0.2, 0.25) is 11.7 Å². The van der Waals surface area contributed by atoms with Crippen molar-refractivity contribution in [3.05, 3.63) is 46.2 Å². The van der Waals surface area contributed by atoms with Crippen LogP contribution in [0.1, 0.15) is 17.9 Å². The highest BCUT2D eigenvalue weighted by molar-refractivity contribution is 6.34. The maximum absolute atomic E-state index is 12.2. The highest BCUT2D eigenvalue weighted by Crippen LogP contribution is 2.48. The van der Waals surface area contributed by atoms with E-state index in [1.807, 2.05) is 12.1 Å². The molecule has 23 heavy (non-hydrogen) atoms. The monoisotopic (exact) mass is 352 g/mol. The Morgan fingerprint density at radius 3 is 2.61 bits per heavy atom. The molecule has 1 aliphatic carbocycles. The van der Waals surface area contributed by atoms with E-state index < -0.39 is 0 Å². The Morgan fingerprint density at radius 1 is 1.22 bits per heavy atom. The molecule has 120 valence electrons. The zero-order chi connectivity index (χ0) is 16.4. The molecule has 0 unspecified atom stereocenters.